The number of rotatable bonds is 51. The molecule has 1 amide bonds. The maximum absolute atomic E-state index is 13.4. The molecule has 0 saturated carbocycles. The van der Waals surface area contributed by atoms with Gasteiger partial charge in [0.05, 0.1) is 33.8 Å². The van der Waals surface area contributed by atoms with Crippen LogP contribution in [0.3, 0.4) is 0 Å². The van der Waals surface area contributed by atoms with Gasteiger partial charge in [0.1, 0.15) is 19.3 Å². The molecule has 9 nitrogen and oxygen atoms in total. The first-order valence-corrected chi connectivity index (χ1v) is 29.8. The molecular weight excluding hydrogens is 856 g/mol. The third kappa shape index (κ3) is 49.0. The van der Waals surface area contributed by atoms with Gasteiger partial charge in [-0.2, -0.15) is 0 Å². The van der Waals surface area contributed by atoms with Crippen LogP contribution in [-0.2, 0) is 27.9 Å². The number of ether oxygens (including phenoxy) is 1. The van der Waals surface area contributed by atoms with E-state index in [0.717, 1.165) is 51.4 Å². The Labute approximate surface area is 415 Å². The Balaban J connectivity index is 5.43. The maximum Gasteiger partial charge on any atom is 0.472 e. The number of hydrogen-bond acceptors (Lipinski definition) is 6. The zero-order valence-corrected chi connectivity index (χ0v) is 45.8. The molecule has 3 unspecified atom stereocenters. The second kappa shape index (κ2) is 47.9. The number of amides is 1. The SMILES string of the molecule is CCCCCCCC/C=C\C/C=C/CCC(=O)NC(COP(=O)(O)OCC[N+](C)(C)C)C(/C=C/CCCCCCCCCCCCC)OC(=O)CCCCCCCCCCCCCCCCC. The van der Waals surface area contributed by atoms with E-state index >= 15 is 0 Å². The van der Waals surface area contributed by atoms with Gasteiger partial charge in [-0.25, -0.2) is 4.57 Å². The van der Waals surface area contributed by atoms with Crippen LogP contribution in [-0.4, -0.2) is 74.3 Å². The van der Waals surface area contributed by atoms with Crippen molar-refractivity contribution in [3.05, 3.63) is 36.5 Å². The molecule has 0 heterocycles. The molecule has 3 atom stereocenters. The van der Waals surface area contributed by atoms with Crippen molar-refractivity contribution < 1.29 is 37.3 Å². The molecule has 0 aromatic rings. The first-order chi connectivity index (χ1) is 32.4. The maximum atomic E-state index is 13.4. The number of nitrogens with one attached hydrogen (secondary N) is 1. The second-order valence-electron chi connectivity index (χ2n) is 20.5. The number of phosphoric acid groups is 1. The number of quaternary nitrogens is 1. The highest BCUT2D eigenvalue weighted by atomic mass is 31.2. The van der Waals surface area contributed by atoms with Crippen LogP contribution >= 0.6 is 7.82 Å². The Morgan fingerprint density at radius 2 is 0.925 bits per heavy atom. The third-order valence-electron chi connectivity index (χ3n) is 12.6. The number of hydrogen-bond donors (Lipinski definition) is 2. The van der Waals surface area contributed by atoms with Gasteiger partial charge in [0, 0.05) is 12.8 Å². The third-order valence-corrected chi connectivity index (χ3v) is 13.6. The summed E-state index contributed by atoms with van der Waals surface area (Å²) in [6, 6.07) is -0.873. The Morgan fingerprint density at radius 3 is 1.37 bits per heavy atom. The molecule has 0 saturated heterocycles. The zero-order valence-electron chi connectivity index (χ0n) is 44.9. The van der Waals surface area contributed by atoms with Crippen LogP contribution in [0.2, 0.25) is 0 Å². The van der Waals surface area contributed by atoms with Crippen LogP contribution in [0.5, 0.6) is 0 Å². The minimum Gasteiger partial charge on any atom is -0.456 e. The monoisotopic (exact) mass is 966 g/mol. The van der Waals surface area contributed by atoms with Crippen molar-refractivity contribution in [2.75, 3.05) is 40.9 Å². The topological polar surface area (TPSA) is 111 Å². The highest BCUT2D eigenvalue weighted by Crippen LogP contribution is 2.43. The van der Waals surface area contributed by atoms with Gasteiger partial charge >= 0.3 is 13.8 Å². The van der Waals surface area contributed by atoms with E-state index in [1.807, 2.05) is 39.4 Å². The van der Waals surface area contributed by atoms with Crippen molar-refractivity contribution in [2.24, 2.45) is 0 Å². The highest BCUT2D eigenvalue weighted by molar-refractivity contribution is 7.47. The molecule has 0 spiro atoms. The predicted octanol–water partition coefficient (Wildman–Crippen LogP) is 16.8. The van der Waals surface area contributed by atoms with Crippen molar-refractivity contribution in [1.29, 1.82) is 0 Å². The fourth-order valence-corrected chi connectivity index (χ4v) is 8.90. The fourth-order valence-electron chi connectivity index (χ4n) is 8.17. The number of esters is 1. The van der Waals surface area contributed by atoms with E-state index < -0.39 is 20.0 Å². The Kier molecular flexibility index (Phi) is 46.6. The van der Waals surface area contributed by atoms with Crippen LogP contribution in [0.4, 0.5) is 0 Å². The van der Waals surface area contributed by atoms with E-state index in [-0.39, 0.29) is 37.9 Å². The van der Waals surface area contributed by atoms with E-state index in [1.54, 1.807) is 0 Å². The van der Waals surface area contributed by atoms with Gasteiger partial charge in [-0.3, -0.25) is 18.6 Å². The average Bonchev–Trinajstić information content (AvgIpc) is 3.28. The summed E-state index contributed by atoms with van der Waals surface area (Å²) in [4.78, 5) is 37.5. The standard InChI is InChI=1S/C57H109N2O7P/c1-7-10-13-16-19-22-25-28-29-32-35-38-41-44-47-50-57(61)66-55(48-45-42-39-36-33-30-26-23-20-17-14-11-8-2)54(53-65-67(62,63)64-52-51-59(4,5)6)58-56(60)49-46-43-40-37-34-31-27-24-21-18-15-12-9-3/h31,34,40,43,45,48,54-55H,7-30,32-33,35-39,41-42,44,46-47,49-53H2,1-6H3,(H-,58,60,62,63)/p+1/b34-31-,43-40+,48-45+. The molecule has 67 heavy (non-hydrogen) atoms. The number of nitrogens with zero attached hydrogens (tertiary/aromatic N) is 1. The number of allylic oxidation sites excluding steroid dienone is 5. The van der Waals surface area contributed by atoms with Crippen molar-refractivity contribution in [1.82, 2.24) is 5.32 Å². The van der Waals surface area contributed by atoms with Gasteiger partial charge in [-0.15, -0.1) is 0 Å². The molecule has 0 aliphatic rings. The van der Waals surface area contributed by atoms with E-state index in [0.29, 0.717) is 17.4 Å². The lowest BCUT2D eigenvalue weighted by Crippen LogP contribution is -2.47. The van der Waals surface area contributed by atoms with Crippen LogP contribution < -0.4 is 5.32 Å². The van der Waals surface area contributed by atoms with Crippen LogP contribution in [0.15, 0.2) is 36.5 Å². The largest absolute Gasteiger partial charge is 0.472 e. The average molecular weight is 966 g/mol. The summed E-state index contributed by atoms with van der Waals surface area (Å²) < 4.78 is 30.5. The van der Waals surface area contributed by atoms with Crippen LogP contribution in [0.1, 0.15) is 265 Å². The quantitative estimate of drug-likeness (QED) is 0.0205. The van der Waals surface area contributed by atoms with Crippen molar-refractivity contribution in [3.63, 3.8) is 0 Å². The molecule has 0 aromatic heterocycles. The molecule has 0 bridgehead atoms. The molecule has 0 rings (SSSR count). The van der Waals surface area contributed by atoms with E-state index in [9.17, 15) is 19.0 Å². The number of unbranched alkanes of at least 4 members (excludes halogenated alkanes) is 31. The number of likely N-dealkylation sites (N-methyl/N-ethyl adjacent to an activating group) is 1. The summed E-state index contributed by atoms with van der Waals surface area (Å²) in [6.45, 7) is 6.97. The van der Waals surface area contributed by atoms with Gasteiger partial charge < -0.3 is 19.4 Å². The molecule has 394 valence electrons. The van der Waals surface area contributed by atoms with E-state index in [4.69, 9.17) is 13.8 Å². The lowest BCUT2D eigenvalue weighted by atomic mass is 10.0. The summed E-state index contributed by atoms with van der Waals surface area (Å²) in [5.41, 5.74) is 0. The van der Waals surface area contributed by atoms with Gasteiger partial charge in [0.15, 0.2) is 0 Å². The van der Waals surface area contributed by atoms with Crippen LogP contribution in [0.25, 0.3) is 0 Å². The Hall–Kier alpha value is -1.77. The lowest BCUT2D eigenvalue weighted by Gasteiger charge is -2.27. The first-order valence-electron chi connectivity index (χ1n) is 28.3. The number of carbonyl (C=O) groups is 2. The number of phosphoric ester groups is 1. The minimum atomic E-state index is -4.45. The molecular formula is C57H110N2O7P+. The summed E-state index contributed by atoms with van der Waals surface area (Å²) in [7, 11) is 1.47. The molecule has 0 radical (unpaired) electrons. The van der Waals surface area contributed by atoms with E-state index in [2.05, 4.69) is 44.3 Å². The predicted molar refractivity (Wildman–Crippen MR) is 286 cm³/mol. The van der Waals surface area contributed by atoms with Crippen LogP contribution in [0, 0.1) is 0 Å². The van der Waals surface area contributed by atoms with Crippen molar-refractivity contribution >= 4 is 19.7 Å². The van der Waals surface area contributed by atoms with Gasteiger partial charge in [0.25, 0.3) is 0 Å². The molecule has 0 aromatic carbocycles. The van der Waals surface area contributed by atoms with Gasteiger partial charge in [-0.1, -0.05) is 237 Å². The Morgan fingerprint density at radius 1 is 0.522 bits per heavy atom. The molecule has 0 aliphatic carbocycles. The smallest absolute Gasteiger partial charge is 0.456 e. The van der Waals surface area contributed by atoms with Gasteiger partial charge in [0.2, 0.25) is 5.91 Å². The summed E-state index contributed by atoms with van der Waals surface area (Å²) in [5, 5.41) is 3.01. The van der Waals surface area contributed by atoms with E-state index in [1.165, 1.54) is 173 Å². The highest BCUT2D eigenvalue weighted by Gasteiger charge is 2.30. The first kappa shape index (κ1) is 65.2. The molecule has 0 fully saturated rings. The second-order valence-corrected chi connectivity index (χ2v) is 21.9. The normalized spacial score (nSPS) is 14.1. The summed E-state index contributed by atoms with van der Waals surface area (Å²) in [6.07, 6.45) is 55.8. The summed E-state index contributed by atoms with van der Waals surface area (Å²) >= 11 is 0. The lowest BCUT2D eigenvalue weighted by molar-refractivity contribution is -0.870. The molecule has 10 heteroatoms. The molecule has 0 aliphatic heterocycles. The fraction of sp³-hybridized carbons (Fsp3) is 0.860. The molecule has 2 N–H and O–H groups in total. The Bertz CT molecular complexity index is 1250. The summed E-state index contributed by atoms with van der Waals surface area (Å²) in [5.74, 6) is -0.574. The van der Waals surface area contributed by atoms with Crippen molar-refractivity contribution in [2.45, 2.75) is 277 Å². The van der Waals surface area contributed by atoms with Gasteiger partial charge in [-0.05, 0) is 51.0 Å². The van der Waals surface area contributed by atoms with Crippen molar-refractivity contribution in [3.8, 4) is 0 Å². The number of carbonyl (C=O) groups excluding carboxylic acids is 2. The zero-order chi connectivity index (χ0) is 49.4. The minimum absolute atomic E-state index is 0.0331.